The van der Waals surface area contributed by atoms with Gasteiger partial charge in [0.15, 0.2) is 0 Å². The van der Waals surface area contributed by atoms with Crippen LogP contribution < -0.4 is 5.32 Å². The van der Waals surface area contributed by atoms with Crippen molar-refractivity contribution in [2.45, 2.75) is 44.8 Å². The Morgan fingerprint density at radius 1 is 1.41 bits per heavy atom. The lowest BCUT2D eigenvalue weighted by atomic mass is 9.89. The average Bonchev–Trinajstić information content (AvgIpc) is 2.76. The molecule has 2 heterocycles. The monoisotopic (exact) mass is 240 g/mol. The van der Waals surface area contributed by atoms with Crippen LogP contribution in [0.4, 0.5) is 0 Å². The number of hydrogen-bond donors (Lipinski definition) is 1. The van der Waals surface area contributed by atoms with Crippen LogP contribution in [0.25, 0.3) is 0 Å². The molecule has 2 unspecified atom stereocenters. The van der Waals surface area contributed by atoms with Crippen LogP contribution in [0.15, 0.2) is 0 Å². The van der Waals surface area contributed by atoms with E-state index in [4.69, 9.17) is 4.74 Å². The molecule has 2 aliphatic heterocycles. The first-order valence-corrected chi connectivity index (χ1v) is 6.65. The Balaban J connectivity index is 1.90. The summed E-state index contributed by atoms with van der Waals surface area (Å²) in [7, 11) is 2.00. The van der Waals surface area contributed by atoms with Gasteiger partial charge in [-0.25, -0.2) is 0 Å². The molecule has 17 heavy (non-hydrogen) atoms. The molecular formula is C13H24N2O2. The molecule has 4 heteroatoms. The zero-order valence-electron chi connectivity index (χ0n) is 11.2. The molecular weight excluding hydrogens is 216 g/mol. The van der Waals surface area contributed by atoms with Crippen LogP contribution in [-0.4, -0.2) is 49.2 Å². The molecule has 98 valence electrons. The van der Waals surface area contributed by atoms with Crippen molar-refractivity contribution >= 4 is 5.91 Å². The van der Waals surface area contributed by atoms with Crippen LogP contribution in [0.3, 0.4) is 0 Å². The third-order valence-electron chi connectivity index (χ3n) is 4.48. The molecule has 0 aliphatic carbocycles. The molecule has 2 atom stereocenters. The molecule has 2 rings (SSSR count). The van der Waals surface area contributed by atoms with E-state index in [2.05, 4.69) is 12.2 Å². The first-order chi connectivity index (χ1) is 8.06. The summed E-state index contributed by atoms with van der Waals surface area (Å²) in [4.78, 5) is 14.4. The number of nitrogens with zero attached hydrogens (tertiary/aromatic N) is 1. The molecule has 4 nitrogen and oxygen atoms in total. The van der Waals surface area contributed by atoms with Crippen LogP contribution in [0, 0.1) is 5.92 Å². The summed E-state index contributed by atoms with van der Waals surface area (Å²) in [5.74, 6) is 0.391. The number of hydrogen-bond acceptors (Lipinski definition) is 3. The molecule has 0 spiro atoms. The van der Waals surface area contributed by atoms with Crippen molar-refractivity contribution < 1.29 is 9.53 Å². The van der Waals surface area contributed by atoms with E-state index in [0.717, 1.165) is 39.0 Å². The summed E-state index contributed by atoms with van der Waals surface area (Å²) >= 11 is 0. The van der Waals surface area contributed by atoms with Crippen molar-refractivity contribution in [3.63, 3.8) is 0 Å². The second kappa shape index (κ2) is 4.94. The number of amides is 1. The van der Waals surface area contributed by atoms with Crippen molar-refractivity contribution in [3.05, 3.63) is 0 Å². The Morgan fingerprint density at radius 3 is 2.53 bits per heavy atom. The minimum Gasteiger partial charge on any atom is -0.378 e. The largest absolute Gasteiger partial charge is 0.378 e. The summed E-state index contributed by atoms with van der Waals surface area (Å²) in [6, 6.07) is 0. The number of carbonyl (C=O) groups is 1. The second-order valence-electron chi connectivity index (χ2n) is 5.61. The molecule has 1 N–H and O–H groups in total. The lowest BCUT2D eigenvalue weighted by molar-refractivity contribution is -0.138. The van der Waals surface area contributed by atoms with Crippen LogP contribution in [0.2, 0.25) is 0 Å². The maximum atomic E-state index is 12.3. The van der Waals surface area contributed by atoms with Gasteiger partial charge in [0.25, 0.3) is 0 Å². The SMILES string of the molecule is CNC1(C)CCN(C(=O)C2CCOC2C)CC1. The fourth-order valence-corrected chi connectivity index (χ4v) is 2.76. The highest BCUT2D eigenvalue weighted by atomic mass is 16.5. The van der Waals surface area contributed by atoms with Gasteiger partial charge in [-0.05, 0) is 40.2 Å². The molecule has 0 radical (unpaired) electrons. The van der Waals surface area contributed by atoms with Gasteiger partial charge in [-0.2, -0.15) is 0 Å². The minimum atomic E-state index is 0.0916. The van der Waals surface area contributed by atoms with Crippen LogP contribution in [-0.2, 0) is 9.53 Å². The van der Waals surface area contributed by atoms with Gasteiger partial charge in [0.05, 0.1) is 12.0 Å². The molecule has 0 aromatic carbocycles. The third kappa shape index (κ3) is 2.63. The topological polar surface area (TPSA) is 41.6 Å². The Morgan fingerprint density at radius 2 is 2.06 bits per heavy atom. The minimum absolute atomic E-state index is 0.0916. The van der Waals surface area contributed by atoms with Crippen LogP contribution in [0.1, 0.15) is 33.1 Å². The Hall–Kier alpha value is -0.610. The van der Waals surface area contributed by atoms with Gasteiger partial charge >= 0.3 is 0 Å². The highest BCUT2D eigenvalue weighted by molar-refractivity contribution is 5.79. The van der Waals surface area contributed by atoms with Crippen molar-refractivity contribution in [1.82, 2.24) is 10.2 Å². The van der Waals surface area contributed by atoms with Crippen LogP contribution in [0.5, 0.6) is 0 Å². The fraction of sp³-hybridized carbons (Fsp3) is 0.923. The van der Waals surface area contributed by atoms with E-state index in [1.807, 2.05) is 18.9 Å². The molecule has 1 amide bonds. The van der Waals surface area contributed by atoms with Gasteiger partial charge in [-0.15, -0.1) is 0 Å². The molecule has 0 bridgehead atoms. The highest BCUT2D eigenvalue weighted by Crippen LogP contribution is 2.27. The standard InChI is InChI=1S/C13H24N2O2/c1-10-11(4-9-17-10)12(16)15-7-5-13(2,14-3)6-8-15/h10-11,14H,4-9H2,1-3H3. The third-order valence-corrected chi connectivity index (χ3v) is 4.48. The number of nitrogens with one attached hydrogen (secondary N) is 1. The quantitative estimate of drug-likeness (QED) is 0.783. The average molecular weight is 240 g/mol. The van der Waals surface area contributed by atoms with E-state index in [1.165, 1.54) is 0 Å². The van der Waals surface area contributed by atoms with Crippen molar-refractivity contribution in [1.29, 1.82) is 0 Å². The Kier molecular flexibility index (Phi) is 3.73. The van der Waals surface area contributed by atoms with Crippen LogP contribution >= 0.6 is 0 Å². The maximum absolute atomic E-state index is 12.3. The van der Waals surface area contributed by atoms with E-state index in [0.29, 0.717) is 5.91 Å². The first kappa shape index (κ1) is 12.8. The van der Waals surface area contributed by atoms with E-state index >= 15 is 0 Å². The molecule has 0 aromatic rings. The predicted octanol–water partition coefficient (Wildman–Crippen LogP) is 1.01. The van der Waals surface area contributed by atoms with Crippen molar-refractivity contribution in [3.8, 4) is 0 Å². The number of rotatable bonds is 2. The molecule has 2 fully saturated rings. The number of likely N-dealkylation sites (tertiary alicyclic amines) is 1. The number of carbonyl (C=O) groups excluding carboxylic acids is 1. The summed E-state index contributed by atoms with van der Waals surface area (Å²) in [6.07, 6.45) is 3.06. The summed E-state index contributed by atoms with van der Waals surface area (Å²) in [6.45, 7) is 6.73. The zero-order valence-corrected chi connectivity index (χ0v) is 11.2. The lowest BCUT2D eigenvalue weighted by Gasteiger charge is -2.40. The van der Waals surface area contributed by atoms with Gasteiger partial charge in [0, 0.05) is 25.2 Å². The predicted molar refractivity (Wildman–Crippen MR) is 66.8 cm³/mol. The van der Waals surface area contributed by atoms with E-state index in [9.17, 15) is 4.79 Å². The summed E-state index contributed by atoms with van der Waals surface area (Å²) in [5.41, 5.74) is 0.203. The smallest absolute Gasteiger partial charge is 0.228 e. The maximum Gasteiger partial charge on any atom is 0.228 e. The van der Waals surface area contributed by atoms with E-state index in [1.54, 1.807) is 0 Å². The van der Waals surface area contributed by atoms with Gasteiger partial charge in [-0.3, -0.25) is 4.79 Å². The lowest BCUT2D eigenvalue weighted by Crippen LogP contribution is -2.52. The highest BCUT2D eigenvalue weighted by Gasteiger charge is 2.37. The summed E-state index contributed by atoms with van der Waals surface area (Å²) < 4.78 is 5.48. The van der Waals surface area contributed by atoms with E-state index < -0.39 is 0 Å². The molecule has 0 saturated carbocycles. The number of piperidine rings is 1. The summed E-state index contributed by atoms with van der Waals surface area (Å²) in [5, 5.41) is 3.36. The molecule has 2 aliphatic rings. The van der Waals surface area contributed by atoms with Gasteiger partial charge < -0.3 is 15.0 Å². The zero-order chi connectivity index (χ0) is 12.5. The number of ether oxygens (including phenoxy) is 1. The van der Waals surface area contributed by atoms with Crippen molar-refractivity contribution in [2.75, 3.05) is 26.7 Å². The van der Waals surface area contributed by atoms with Gasteiger partial charge in [0.1, 0.15) is 0 Å². The first-order valence-electron chi connectivity index (χ1n) is 6.65. The second-order valence-corrected chi connectivity index (χ2v) is 5.61. The van der Waals surface area contributed by atoms with Gasteiger partial charge in [0.2, 0.25) is 5.91 Å². The molecule has 0 aromatic heterocycles. The fourth-order valence-electron chi connectivity index (χ4n) is 2.76. The van der Waals surface area contributed by atoms with E-state index in [-0.39, 0.29) is 17.6 Å². The van der Waals surface area contributed by atoms with Gasteiger partial charge in [-0.1, -0.05) is 0 Å². The Bertz CT molecular complexity index is 285. The van der Waals surface area contributed by atoms with Crippen molar-refractivity contribution in [2.24, 2.45) is 5.92 Å². The Labute approximate surface area is 104 Å². The molecule has 2 saturated heterocycles. The normalized spacial score (nSPS) is 32.8.